The summed E-state index contributed by atoms with van der Waals surface area (Å²) in [5, 5.41) is 15.7. The summed E-state index contributed by atoms with van der Waals surface area (Å²) in [5.41, 5.74) is 6.10. The Morgan fingerprint density at radius 3 is 2.69 bits per heavy atom. The number of fused-ring (bicyclic) bond motifs is 2. The van der Waals surface area contributed by atoms with Crippen molar-refractivity contribution in [1.29, 1.82) is 0 Å². The van der Waals surface area contributed by atoms with Crippen molar-refractivity contribution in [3.05, 3.63) is 82.5 Å². The summed E-state index contributed by atoms with van der Waals surface area (Å²) in [6.45, 7) is 2.60. The standard InChI is InChI=1S/C28H25ClN2O4/c1-2-6-20-24(12-10-21-27(31-35-28(20)21)17-7-4-3-5-8-17)34-14-13-19-16-22-23(30-19)11-9-18(26(22)29)15-25(32)33/h3-5,7-12,16,30H,2,6,13-15H2,1H3,(H,32,33). The molecule has 0 amide bonds. The minimum Gasteiger partial charge on any atom is -0.493 e. The Balaban J connectivity index is 1.36. The lowest BCUT2D eigenvalue weighted by molar-refractivity contribution is -0.136. The van der Waals surface area contributed by atoms with Gasteiger partial charge in [-0.25, -0.2) is 0 Å². The number of aromatic nitrogens is 2. The molecule has 0 saturated carbocycles. The van der Waals surface area contributed by atoms with Crippen LogP contribution in [0.15, 0.2) is 65.2 Å². The van der Waals surface area contributed by atoms with Gasteiger partial charge < -0.3 is 19.4 Å². The smallest absolute Gasteiger partial charge is 0.307 e. The third kappa shape index (κ3) is 4.62. The Morgan fingerprint density at radius 1 is 1.09 bits per heavy atom. The summed E-state index contributed by atoms with van der Waals surface area (Å²) >= 11 is 6.46. The maximum Gasteiger partial charge on any atom is 0.307 e. The molecule has 2 heterocycles. The fraction of sp³-hybridized carbons (Fsp3) is 0.214. The highest BCUT2D eigenvalue weighted by Gasteiger charge is 2.18. The number of nitrogens with one attached hydrogen (secondary N) is 1. The highest BCUT2D eigenvalue weighted by atomic mass is 35.5. The van der Waals surface area contributed by atoms with E-state index in [1.54, 1.807) is 6.07 Å². The second-order valence-electron chi connectivity index (χ2n) is 8.53. The molecule has 0 aliphatic rings. The van der Waals surface area contributed by atoms with E-state index in [2.05, 4.69) is 17.1 Å². The predicted octanol–water partition coefficient (Wildman–Crippen LogP) is 6.83. The molecule has 178 valence electrons. The molecule has 2 N–H and O–H groups in total. The van der Waals surface area contributed by atoms with Crippen molar-refractivity contribution in [3.63, 3.8) is 0 Å². The number of aromatic amines is 1. The highest BCUT2D eigenvalue weighted by molar-refractivity contribution is 6.36. The molecule has 2 aromatic heterocycles. The van der Waals surface area contributed by atoms with Crippen molar-refractivity contribution in [2.75, 3.05) is 6.61 Å². The maximum absolute atomic E-state index is 11.1. The first-order chi connectivity index (χ1) is 17.0. The summed E-state index contributed by atoms with van der Waals surface area (Å²) < 4.78 is 12.0. The van der Waals surface area contributed by atoms with E-state index in [-0.39, 0.29) is 6.42 Å². The molecule has 7 heteroatoms. The van der Waals surface area contributed by atoms with Crippen LogP contribution in [-0.2, 0) is 24.1 Å². The van der Waals surface area contributed by atoms with Crippen LogP contribution in [0.1, 0.15) is 30.2 Å². The fourth-order valence-corrected chi connectivity index (χ4v) is 4.73. The van der Waals surface area contributed by atoms with Crippen molar-refractivity contribution in [1.82, 2.24) is 10.1 Å². The van der Waals surface area contributed by atoms with Gasteiger partial charge in [0.2, 0.25) is 0 Å². The number of hydrogen-bond donors (Lipinski definition) is 2. The lowest BCUT2D eigenvalue weighted by atomic mass is 10.0. The van der Waals surface area contributed by atoms with E-state index >= 15 is 0 Å². The van der Waals surface area contributed by atoms with Crippen molar-refractivity contribution in [2.45, 2.75) is 32.6 Å². The second kappa shape index (κ2) is 9.84. The topological polar surface area (TPSA) is 88.4 Å². The number of aryl methyl sites for hydroxylation is 1. The minimum atomic E-state index is -0.905. The van der Waals surface area contributed by atoms with Gasteiger partial charge in [0.15, 0.2) is 5.58 Å². The number of H-pyrrole nitrogens is 1. The van der Waals surface area contributed by atoms with E-state index in [0.717, 1.165) is 63.0 Å². The van der Waals surface area contributed by atoms with E-state index in [1.165, 1.54) is 0 Å². The van der Waals surface area contributed by atoms with Crippen LogP contribution in [0.3, 0.4) is 0 Å². The van der Waals surface area contributed by atoms with Crippen LogP contribution >= 0.6 is 11.6 Å². The zero-order chi connectivity index (χ0) is 24.4. The van der Waals surface area contributed by atoms with E-state index < -0.39 is 5.97 Å². The zero-order valence-electron chi connectivity index (χ0n) is 19.3. The second-order valence-corrected chi connectivity index (χ2v) is 8.91. The van der Waals surface area contributed by atoms with E-state index in [0.29, 0.717) is 23.6 Å². The van der Waals surface area contributed by atoms with Crippen molar-refractivity contribution < 1.29 is 19.2 Å². The van der Waals surface area contributed by atoms with Gasteiger partial charge in [0, 0.05) is 34.1 Å². The quantitative estimate of drug-likeness (QED) is 0.237. The number of aliphatic carboxylic acids is 1. The van der Waals surface area contributed by atoms with E-state index in [1.807, 2.05) is 54.6 Å². The first-order valence-electron chi connectivity index (χ1n) is 11.7. The van der Waals surface area contributed by atoms with Crippen LogP contribution in [0.25, 0.3) is 33.1 Å². The molecule has 0 fully saturated rings. The molecule has 3 aromatic carbocycles. The van der Waals surface area contributed by atoms with Crippen LogP contribution in [0.4, 0.5) is 0 Å². The third-order valence-corrected chi connectivity index (χ3v) is 6.54. The van der Waals surface area contributed by atoms with E-state index in [4.69, 9.17) is 26.0 Å². The largest absolute Gasteiger partial charge is 0.493 e. The Labute approximate surface area is 207 Å². The molecule has 6 nitrogen and oxygen atoms in total. The summed E-state index contributed by atoms with van der Waals surface area (Å²) in [4.78, 5) is 14.4. The lowest BCUT2D eigenvalue weighted by Gasteiger charge is -2.11. The average molecular weight is 489 g/mol. The Bertz CT molecular complexity index is 1500. The Hall–Kier alpha value is -3.77. The molecule has 0 aliphatic carbocycles. The first-order valence-corrected chi connectivity index (χ1v) is 12.0. The minimum absolute atomic E-state index is 0.102. The number of hydrogen-bond acceptors (Lipinski definition) is 4. The zero-order valence-corrected chi connectivity index (χ0v) is 20.1. The molecule has 5 rings (SSSR count). The van der Waals surface area contributed by atoms with Gasteiger partial charge in [-0.05, 0) is 36.2 Å². The van der Waals surface area contributed by atoms with E-state index in [9.17, 15) is 4.79 Å². The normalized spacial score (nSPS) is 11.4. The molecule has 0 unspecified atom stereocenters. The molecular formula is C28H25ClN2O4. The number of rotatable bonds is 9. The monoisotopic (exact) mass is 488 g/mol. The number of ether oxygens (including phenoxy) is 1. The highest BCUT2D eigenvalue weighted by Crippen LogP contribution is 2.35. The van der Waals surface area contributed by atoms with Crippen molar-refractivity contribution in [3.8, 4) is 17.0 Å². The first kappa shape index (κ1) is 23.0. The van der Waals surface area contributed by atoms with Crippen molar-refractivity contribution in [2.24, 2.45) is 0 Å². The summed E-state index contributed by atoms with van der Waals surface area (Å²) in [6, 6.07) is 19.6. The number of carbonyl (C=O) groups is 1. The van der Waals surface area contributed by atoms with Crippen LogP contribution in [0.2, 0.25) is 5.02 Å². The Morgan fingerprint density at radius 2 is 1.91 bits per heavy atom. The predicted molar refractivity (Wildman–Crippen MR) is 137 cm³/mol. The SMILES string of the molecule is CCCc1c(OCCc2cc3c(Cl)c(CC(=O)O)ccc3[nH]2)ccc2c(-c3ccccc3)noc12. The van der Waals surface area contributed by atoms with Gasteiger partial charge in [-0.3, -0.25) is 4.79 Å². The van der Waals surface area contributed by atoms with Gasteiger partial charge >= 0.3 is 5.97 Å². The fourth-order valence-electron chi connectivity index (χ4n) is 4.44. The van der Waals surface area contributed by atoms with Crippen LogP contribution in [0.5, 0.6) is 5.75 Å². The van der Waals surface area contributed by atoms with Crippen LogP contribution in [-0.4, -0.2) is 27.8 Å². The number of benzene rings is 3. The molecule has 0 aliphatic heterocycles. The molecule has 5 aromatic rings. The van der Waals surface area contributed by atoms with Gasteiger partial charge in [0.25, 0.3) is 0 Å². The summed E-state index contributed by atoms with van der Waals surface area (Å²) in [6.07, 6.45) is 2.32. The summed E-state index contributed by atoms with van der Waals surface area (Å²) in [5.74, 6) is -0.106. The number of carboxylic acid groups (broad SMARTS) is 1. The number of halogens is 1. The van der Waals surface area contributed by atoms with Crippen molar-refractivity contribution >= 4 is 39.4 Å². The molecule has 0 spiro atoms. The number of nitrogens with zero attached hydrogens (tertiary/aromatic N) is 1. The van der Waals surface area contributed by atoms with Gasteiger partial charge in [-0.2, -0.15) is 0 Å². The van der Waals surface area contributed by atoms with Gasteiger partial charge in [0.1, 0.15) is 11.4 Å². The molecule has 0 atom stereocenters. The van der Waals surface area contributed by atoms with Crippen LogP contribution < -0.4 is 4.74 Å². The molecular weight excluding hydrogens is 464 g/mol. The lowest BCUT2D eigenvalue weighted by Crippen LogP contribution is -2.04. The molecule has 0 saturated heterocycles. The Kier molecular flexibility index (Phi) is 6.47. The molecule has 35 heavy (non-hydrogen) atoms. The third-order valence-electron chi connectivity index (χ3n) is 6.09. The summed E-state index contributed by atoms with van der Waals surface area (Å²) in [7, 11) is 0. The van der Waals surface area contributed by atoms with Gasteiger partial charge in [-0.15, -0.1) is 0 Å². The molecule has 0 bridgehead atoms. The van der Waals surface area contributed by atoms with Gasteiger partial charge in [-0.1, -0.05) is 66.5 Å². The number of carboxylic acids is 1. The van der Waals surface area contributed by atoms with Crippen LogP contribution in [0, 0.1) is 0 Å². The average Bonchev–Trinajstić information content (AvgIpc) is 3.47. The molecule has 0 radical (unpaired) electrons. The van der Waals surface area contributed by atoms with Gasteiger partial charge in [0.05, 0.1) is 23.4 Å². The maximum atomic E-state index is 11.1.